The highest BCUT2D eigenvalue weighted by Crippen LogP contribution is 2.38. The van der Waals surface area contributed by atoms with Gasteiger partial charge in [0.05, 0.1) is 0 Å². The van der Waals surface area contributed by atoms with E-state index in [0.29, 0.717) is 23.8 Å². The highest BCUT2D eigenvalue weighted by Gasteiger charge is 2.32. The van der Waals surface area contributed by atoms with Crippen LogP contribution in [0.5, 0.6) is 0 Å². The minimum absolute atomic E-state index is 0. The topological polar surface area (TPSA) is 55.1 Å². The second-order valence-electron chi connectivity index (χ2n) is 7.01. The Kier molecular flexibility index (Phi) is 9.48. The third-order valence-electron chi connectivity index (χ3n) is 4.40. The Morgan fingerprint density at radius 2 is 1.90 bits per heavy atom. The van der Waals surface area contributed by atoms with E-state index in [-0.39, 0.29) is 18.3 Å². The van der Waals surface area contributed by atoms with Gasteiger partial charge in [0.1, 0.15) is 0 Å². The smallest absolute Gasteiger partial charge is 0.220 e. The van der Waals surface area contributed by atoms with Crippen LogP contribution >= 0.6 is 12.4 Å². The van der Waals surface area contributed by atoms with Crippen LogP contribution in [0.3, 0.4) is 0 Å². The molecule has 1 aliphatic rings. The van der Waals surface area contributed by atoms with E-state index in [0.717, 1.165) is 38.6 Å². The predicted molar refractivity (Wildman–Crippen MR) is 88.1 cm³/mol. The monoisotopic (exact) mass is 304 g/mol. The molecule has 0 heterocycles. The zero-order chi connectivity index (χ0) is 14.3. The number of halogens is 1. The molecule has 1 fully saturated rings. The van der Waals surface area contributed by atoms with E-state index in [1.54, 1.807) is 0 Å². The lowest BCUT2D eigenvalue weighted by Crippen LogP contribution is -2.44. The normalized spacial score (nSPS) is 24.8. The average molecular weight is 305 g/mol. The maximum Gasteiger partial charge on any atom is 0.220 e. The number of carbonyl (C=O) groups is 1. The molecule has 120 valence electrons. The van der Waals surface area contributed by atoms with E-state index in [2.05, 4.69) is 26.1 Å². The predicted octanol–water partition coefficient (Wildman–Crippen LogP) is 3.65. The molecule has 2 unspecified atom stereocenters. The van der Waals surface area contributed by atoms with Gasteiger partial charge in [0.25, 0.3) is 0 Å². The van der Waals surface area contributed by atoms with Gasteiger partial charge in [-0.1, -0.05) is 33.6 Å². The molecule has 4 heteroatoms. The standard InChI is InChI=1S/C16H32N2O.ClH/c1-13-12-16(2,3)10-9-14(13)18-15(19)8-6-4-5-7-11-17;/h13-14H,4-12,17H2,1-3H3,(H,18,19);1H. The van der Waals surface area contributed by atoms with Crippen LogP contribution in [0.4, 0.5) is 0 Å². The zero-order valence-electron chi connectivity index (χ0n) is 13.4. The first-order chi connectivity index (χ1) is 8.94. The molecule has 0 aromatic heterocycles. The van der Waals surface area contributed by atoms with Gasteiger partial charge < -0.3 is 11.1 Å². The fourth-order valence-electron chi connectivity index (χ4n) is 3.22. The molecular weight excluding hydrogens is 272 g/mol. The van der Waals surface area contributed by atoms with Crippen LogP contribution in [0.25, 0.3) is 0 Å². The third-order valence-corrected chi connectivity index (χ3v) is 4.40. The minimum atomic E-state index is 0. The zero-order valence-corrected chi connectivity index (χ0v) is 14.2. The Morgan fingerprint density at radius 1 is 1.25 bits per heavy atom. The van der Waals surface area contributed by atoms with Gasteiger partial charge >= 0.3 is 0 Å². The van der Waals surface area contributed by atoms with Gasteiger partial charge in [0.15, 0.2) is 0 Å². The first kappa shape index (κ1) is 19.7. The molecule has 1 aliphatic carbocycles. The van der Waals surface area contributed by atoms with Gasteiger partial charge in [-0.3, -0.25) is 4.79 Å². The van der Waals surface area contributed by atoms with Crippen LogP contribution in [-0.2, 0) is 4.79 Å². The molecule has 0 aliphatic heterocycles. The van der Waals surface area contributed by atoms with E-state index in [9.17, 15) is 4.79 Å². The molecule has 3 nitrogen and oxygen atoms in total. The second kappa shape index (κ2) is 9.62. The molecule has 20 heavy (non-hydrogen) atoms. The number of unbranched alkanes of at least 4 members (excludes halogenated alkanes) is 3. The fraction of sp³-hybridized carbons (Fsp3) is 0.938. The number of hydrogen-bond acceptors (Lipinski definition) is 2. The molecule has 3 N–H and O–H groups in total. The Hall–Kier alpha value is -0.280. The number of carbonyl (C=O) groups excluding carboxylic acids is 1. The van der Waals surface area contributed by atoms with Crippen LogP contribution in [0.15, 0.2) is 0 Å². The summed E-state index contributed by atoms with van der Waals surface area (Å²) >= 11 is 0. The maximum absolute atomic E-state index is 11.9. The highest BCUT2D eigenvalue weighted by atomic mass is 35.5. The molecule has 0 bridgehead atoms. The second-order valence-corrected chi connectivity index (χ2v) is 7.01. The fourth-order valence-corrected chi connectivity index (χ4v) is 3.22. The van der Waals surface area contributed by atoms with Crippen LogP contribution < -0.4 is 11.1 Å². The summed E-state index contributed by atoms with van der Waals surface area (Å²) in [5.41, 5.74) is 5.90. The number of rotatable bonds is 7. The lowest BCUT2D eigenvalue weighted by atomic mass is 9.70. The summed E-state index contributed by atoms with van der Waals surface area (Å²) in [4.78, 5) is 11.9. The maximum atomic E-state index is 11.9. The molecule has 1 amide bonds. The van der Waals surface area contributed by atoms with Crippen LogP contribution in [0, 0.1) is 11.3 Å². The third kappa shape index (κ3) is 7.49. The van der Waals surface area contributed by atoms with E-state index >= 15 is 0 Å². The summed E-state index contributed by atoms with van der Waals surface area (Å²) in [7, 11) is 0. The molecule has 0 aromatic carbocycles. The van der Waals surface area contributed by atoms with E-state index in [1.165, 1.54) is 12.8 Å². The highest BCUT2D eigenvalue weighted by molar-refractivity contribution is 5.85. The molecule has 0 saturated heterocycles. The number of hydrogen-bond donors (Lipinski definition) is 2. The summed E-state index contributed by atoms with van der Waals surface area (Å²) in [6.07, 6.45) is 8.60. The van der Waals surface area contributed by atoms with Crippen molar-refractivity contribution in [2.24, 2.45) is 17.1 Å². The van der Waals surface area contributed by atoms with Crippen molar-refractivity contribution in [1.82, 2.24) is 5.32 Å². The van der Waals surface area contributed by atoms with Crippen molar-refractivity contribution in [3.63, 3.8) is 0 Å². The first-order valence-corrected chi connectivity index (χ1v) is 7.94. The molecule has 1 saturated carbocycles. The largest absolute Gasteiger partial charge is 0.353 e. The summed E-state index contributed by atoms with van der Waals surface area (Å²) < 4.78 is 0. The van der Waals surface area contributed by atoms with Crippen molar-refractivity contribution in [2.75, 3.05) is 6.54 Å². The van der Waals surface area contributed by atoms with Crippen LogP contribution in [0.2, 0.25) is 0 Å². The lowest BCUT2D eigenvalue weighted by molar-refractivity contribution is -0.122. The minimum Gasteiger partial charge on any atom is -0.353 e. The Bertz CT molecular complexity index is 282. The van der Waals surface area contributed by atoms with Gasteiger partial charge in [-0.25, -0.2) is 0 Å². The summed E-state index contributed by atoms with van der Waals surface area (Å²) in [6, 6.07) is 0.393. The molecule has 0 spiro atoms. The number of nitrogens with two attached hydrogens (primary N) is 1. The Balaban J connectivity index is 0.00000361. The molecular formula is C16H33ClN2O. The van der Waals surface area contributed by atoms with Gasteiger partial charge in [-0.05, 0) is 50.0 Å². The SMILES string of the molecule is CC1CC(C)(C)CCC1NC(=O)CCCCCCN.Cl. The quantitative estimate of drug-likeness (QED) is 0.705. The molecule has 0 radical (unpaired) electrons. The van der Waals surface area contributed by atoms with E-state index in [1.807, 2.05) is 0 Å². The van der Waals surface area contributed by atoms with Crippen molar-refractivity contribution in [3.05, 3.63) is 0 Å². The van der Waals surface area contributed by atoms with Crippen molar-refractivity contribution in [2.45, 2.75) is 78.2 Å². The lowest BCUT2D eigenvalue weighted by Gasteiger charge is -2.39. The Morgan fingerprint density at radius 3 is 2.50 bits per heavy atom. The summed E-state index contributed by atoms with van der Waals surface area (Å²) in [6.45, 7) is 7.70. The van der Waals surface area contributed by atoms with E-state index < -0.39 is 0 Å². The summed E-state index contributed by atoms with van der Waals surface area (Å²) in [5.74, 6) is 0.842. The van der Waals surface area contributed by atoms with Gasteiger partial charge in [0.2, 0.25) is 5.91 Å². The van der Waals surface area contributed by atoms with Gasteiger partial charge in [-0.15, -0.1) is 12.4 Å². The van der Waals surface area contributed by atoms with Crippen molar-refractivity contribution >= 4 is 18.3 Å². The molecule has 0 aromatic rings. The first-order valence-electron chi connectivity index (χ1n) is 7.94. The van der Waals surface area contributed by atoms with Crippen LogP contribution in [-0.4, -0.2) is 18.5 Å². The van der Waals surface area contributed by atoms with E-state index in [4.69, 9.17) is 5.73 Å². The van der Waals surface area contributed by atoms with Crippen molar-refractivity contribution in [1.29, 1.82) is 0 Å². The molecule has 1 rings (SSSR count). The number of amides is 1. The van der Waals surface area contributed by atoms with Crippen LogP contribution in [0.1, 0.15) is 72.1 Å². The molecule has 2 atom stereocenters. The number of nitrogens with one attached hydrogen (secondary N) is 1. The van der Waals surface area contributed by atoms with Crippen molar-refractivity contribution < 1.29 is 4.79 Å². The Labute approximate surface area is 130 Å². The van der Waals surface area contributed by atoms with Gasteiger partial charge in [0, 0.05) is 12.5 Å². The van der Waals surface area contributed by atoms with Crippen molar-refractivity contribution in [3.8, 4) is 0 Å². The summed E-state index contributed by atoms with van der Waals surface area (Å²) in [5, 5.41) is 3.23. The average Bonchev–Trinajstić information content (AvgIpc) is 2.32. The van der Waals surface area contributed by atoms with Gasteiger partial charge in [-0.2, -0.15) is 0 Å².